The molecule has 1 aromatic carbocycles. The van der Waals surface area contributed by atoms with Crippen molar-refractivity contribution in [3.05, 3.63) is 35.5 Å². The molecule has 0 saturated carbocycles. The summed E-state index contributed by atoms with van der Waals surface area (Å²) >= 11 is 1.21. The highest BCUT2D eigenvalue weighted by atomic mass is 32.2. The molecule has 0 aromatic heterocycles. The minimum absolute atomic E-state index is 0.0122. The summed E-state index contributed by atoms with van der Waals surface area (Å²) in [6, 6.07) is 8.07. The van der Waals surface area contributed by atoms with Crippen molar-refractivity contribution in [2.75, 3.05) is 45.3 Å². The number of ether oxygens (including phenoxy) is 1. The molecule has 0 amide bonds. The standard InChI is InChI=1S/C16H19N3O2S/c1-18(2)13-5-3-12(4-6-13)11-14-15(20)22-16(17-14)19-7-9-21-10-8-19/h3-6,11H,7-10H2,1-2H3/b14-11+. The number of benzene rings is 1. The average Bonchev–Trinajstić information content (AvgIpc) is 2.90. The van der Waals surface area contributed by atoms with E-state index in [0.717, 1.165) is 29.5 Å². The zero-order chi connectivity index (χ0) is 15.5. The maximum absolute atomic E-state index is 12.1. The van der Waals surface area contributed by atoms with Gasteiger partial charge in [0.15, 0.2) is 5.17 Å². The van der Waals surface area contributed by atoms with Gasteiger partial charge in [-0.25, -0.2) is 4.99 Å². The van der Waals surface area contributed by atoms with Crippen molar-refractivity contribution in [2.24, 2.45) is 4.99 Å². The summed E-state index contributed by atoms with van der Waals surface area (Å²) < 4.78 is 5.33. The Bertz CT molecular complexity index is 617. The Morgan fingerprint density at radius 2 is 1.91 bits per heavy atom. The fraction of sp³-hybridized carbons (Fsp3) is 0.375. The number of carbonyl (C=O) groups is 1. The minimum atomic E-state index is 0.0122. The summed E-state index contributed by atoms with van der Waals surface area (Å²) in [6.45, 7) is 2.98. The van der Waals surface area contributed by atoms with Crippen LogP contribution >= 0.6 is 11.8 Å². The van der Waals surface area contributed by atoms with Crippen molar-refractivity contribution >= 4 is 33.8 Å². The molecular weight excluding hydrogens is 298 g/mol. The molecule has 5 nitrogen and oxygen atoms in total. The SMILES string of the molecule is CN(C)c1ccc(/C=C2/N=C(N3CCOCC3)SC2=O)cc1. The number of hydrogen-bond acceptors (Lipinski definition) is 6. The van der Waals surface area contributed by atoms with Crippen LogP contribution in [0.5, 0.6) is 0 Å². The normalized spacial score (nSPS) is 20.5. The van der Waals surface area contributed by atoms with Crippen molar-refractivity contribution in [3.63, 3.8) is 0 Å². The number of thioether (sulfide) groups is 1. The molecule has 0 aliphatic carbocycles. The van der Waals surface area contributed by atoms with E-state index < -0.39 is 0 Å². The molecule has 3 rings (SSSR count). The van der Waals surface area contributed by atoms with Crippen molar-refractivity contribution in [1.82, 2.24) is 4.90 Å². The Kier molecular flexibility index (Phi) is 4.49. The van der Waals surface area contributed by atoms with Gasteiger partial charge in [0.25, 0.3) is 0 Å². The van der Waals surface area contributed by atoms with Crippen LogP contribution in [0.25, 0.3) is 6.08 Å². The van der Waals surface area contributed by atoms with Gasteiger partial charge in [-0.2, -0.15) is 0 Å². The summed E-state index contributed by atoms with van der Waals surface area (Å²) in [5.41, 5.74) is 2.64. The Morgan fingerprint density at radius 1 is 1.23 bits per heavy atom. The van der Waals surface area contributed by atoms with Gasteiger partial charge in [-0.05, 0) is 35.5 Å². The van der Waals surface area contributed by atoms with Crippen LogP contribution in [0.15, 0.2) is 35.0 Å². The Morgan fingerprint density at radius 3 is 2.55 bits per heavy atom. The first kappa shape index (κ1) is 15.1. The molecule has 22 heavy (non-hydrogen) atoms. The highest BCUT2D eigenvalue weighted by Gasteiger charge is 2.27. The number of morpholine rings is 1. The largest absolute Gasteiger partial charge is 0.378 e. The van der Waals surface area contributed by atoms with Crippen LogP contribution in [-0.2, 0) is 9.53 Å². The highest BCUT2D eigenvalue weighted by molar-refractivity contribution is 8.27. The van der Waals surface area contributed by atoms with E-state index in [2.05, 4.69) is 9.89 Å². The third-order valence-corrected chi connectivity index (χ3v) is 4.53. The molecule has 1 fully saturated rings. The zero-order valence-corrected chi connectivity index (χ0v) is 13.6. The first-order valence-electron chi connectivity index (χ1n) is 7.26. The molecule has 0 spiro atoms. The van der Waals surface area contributed by atoms with E-state index in [9.17, 15) is 4.79 Å². The molecule has 0 unspecified atom stereocenters. The van der Waals surface area contributed by atoms with Gasteiger partial charge in [0, 0.05) is 32.9 Å². The second kappa shape index (κ2) is 6.54. The van der Waals surface area contributed by atoms with E-state index in [1.807, 2.05) is 49.3 Å². The van der Waals surface area contributed by atoms with Gasteiger partial charge in [-0.3, -0.25) is 4.79 Å². The van der Waals surface area contributed by atoms with Crippen molar-refractivity contribution in [3.8, 4) is 0 Å². The van der Waals surface area contributed by atoms with E-state index in [1.165, 1.54) is 11.8 Å². The highest BCUT2D eigenvalue weighted by Crippen LogP contribution is 2.27. The minimum Gasteiger partial charge on any atom is -0.378 e. The molecule has 0 atom stereocenters. The molecule has 0 N–H and O–H groups in total. The molecule has 0 bridgehead atoms. The fourth-order valence-corrected chi connectivity index (χ4v) is 3.14. The first-order valence-corrected chi connectivity index (χ1v) is 8.08. The van der Waals surface area contributed by atoms with E-state index >= 15 is 0 Å². The van der Waals surface area contributed by atoms with E-state index in [0.29, 0.717) is 18.9 Å². The van der Waals surface area contributed by atoms with Crippen molar-refractivity contribution in [2.45, 2.75) is 0 Å². The van der Waals surface area contributed by atoms with Crippen LogP contribution in [0.4, 0.5) is 5.69 Å². The zero-order valence-electron chi connectivity index (χ0n) is 12.8. The maximum Gasteiger partial charge on any atom is 0.245 e. The summed E-state index contributed by atoms with van der Waals surface area (Å²) in [5.74, 6) is 0. The van der Waals surface area contributed by atoms with Crippen LogP contribution in [0.2, 0.25) is 0 Å². The van der Waals surface area contributed by atoms with Gasteiger partial charge >= 0.3 is 0 Å². The van der Waals surface area contributed by atoms with E-state index in [-0.39, 0.29) is 5.12 Å². The van der Waals surface area contributed by atoms with E-state index in [4.69, 9.17) is 4.74 Å². The summed E-state index contributed by atoms with van der Waals surface area (Å²) in [4.78, 5) is 20.8. The molecule has 1 saturated heterocycles. The second-order valence-electron chi connectivity index (χ2n) is 5.40. The van der Waals surface area contributed by atoms with Crippen LogP contribution < -0.4 is 4.90 Å². The van der Waals surface area contributed by atoms with Crippen LogP contribution in [-0.4, -0.2) is 55.6 Å². The Hall–Kier alpha value is -1.79. The first-order chi connectivity index (χ1) is 10.6. The predicted molar refractivity (Wildman–Crippen MR) is 91.2 cm³/mol. The molecule has 1 aromatic rings. The lowest BCUT2D eigenvalue weighted by Gasteiger charge is -2.27. The molecular formula is C16H19N3O2S. The summed E-state index contributed by atoms with van der Waals surface area (Å²) in [7, 11) is 4.01. The number of aliphatic imine (C=N–C) groups is 1. The maximum atomic E-state index is 12.1. The van der Waals surface area contributed by atoms with Crippen LogP contribution in [0.3, 0.4) is 0 Å². The van der Waals surface area contributed by atoms with Gasteiger partial charge in [0.2, 0.25) is 5.12 Å². The van der Waals surface area contributed by atoms with Gasteiger partial charge in [0.1, 0.15) is 5.70 Å². The number of hydrogen-bond donors (Lipinski definition) is 0. The lowest BCUT2D eigenvalue weighted by molar-refractivity contribution is -0.107. The summed E-state index contributed by atoms with van der Waals surface area (Å²) in [6.07, 6.45) is 1.85. The smallest absolute Gasteiger partial charge is 0.245 e. The number of anilines is 1. The third-order valence-electron chi connectivity index (χ3n) is 3.60. The average molecular weight is 317 g/mol. The number of rotatable bonds is 2. The molecule has 2 aliphatic rings. The van der Waals surface area contributed by atoms with Crippen molar-refractivity contribution in [1.29, 1.82) is 0 Å². The number of nitrogens with zero attached hydrogens (tertiary/aromatic N) is 3. The fourth-order valence-electron chi connectivity index (χ4n) is 2.31. The predicted octanol–water partition coefficient (Wildman–Crippen LogP) is 2.06. The van der Waals surface area contributed by atoms with Crippen molar-refractivity contribution < 1.29 is 9.53 Å². The molecule has 0 radical (unpaired) electrons. The van der Waals surface area contributed by atoms with E-state index in [1.54, 1.807) is 0 Å². The lowest BCUT2D eigenvalue weighted by Crippen LogP contribution is -2.38. The molecule has 2 aliphatic heterocycles. The van der Waals surface area contributed by atoms with Crippen LogP contribution in [0, 0.1) is 0 Å². The Labute approximate surface area is 134 Å². The number of carbonyl (C=O) groups excluding carboxylic acids is 1. The quantitative estimate of drug-likeness (QED) is 0.781. The monoisotopic (exact) mass is 317 g/mol. The lowest BCUT2D eigenvalue weighted by atomic mass is 10.1. The summed E-state index contributed by atoms with van der Waals surface area (Å²) in [5, 5.41) is 0.808. The second-order valence-corrected chi connectivity index (χ2v) is 6.34. The topological polar surface area (TPSA) is 45.1 Å². The van der Waals surface area contributed by atoms with Gasteiger partial charge < -0.3 is 14.5 Å². The molecule has 2 heterocycles. The van der Waals surface area contributed by atoms with Crippen LogP contribution in [0.1, 0.15) is 5.56 Å². The van der Waals surface area contributed by atoms with Gasteiger partial charge in [-0.15, -0.1) is 0 Å². The Balaban J connectivity index is 1.77. The van der Waals surface area contributed by atoms with Gasteiger partial charge in [-0.1, -0.05) is 12.1 Å². The van der Waals surface area contributed by atoms with Gasteiger partial charge in [0.05, 0.1) is 13.2 Å². The third kappa shape index (κ3) is 3.34. The molecule has 116 valence electrons. The molecule has 6 heteroatoms. The number of amidine groups is 1.